The predicted octanol–water partition coefficient (Wildman–Crippen LogP) is -4.73. The number of amides is 6. The number of hydrogen-bond donors (Lipinski definition) is 13. The number of aliphatic hydroxyl groups is 6. The Morgan fingerprint density at radius 2 is 0.951 bits per heavy atom. The van der Waals surface area contributed by atoms with E-state index in [1.54, 1.807) is 54.8 Å². The Labute approximate surface area is 767 Å². The summed E-state index contributed by atoms with van der Waals surface area (Å²) < 4.78 is 57.4. The fourth-order valence-electron chi connectivity index (χ4n) is 12.8. The number of carboxylic acids is 1. The predicted molar refractivity (Wildman–Crippen MR) is 440 cm³/mol. The van der Waals surface area contributed by atoms with Crippen molar-refractivity contribution in [3.63, 3.8) is 0 Å². The molecular weight excluding hydrogens is 1670 g/mol. The van der Waals surface area contributed by atoms with Crippen molar-refractivity contribution >= 4 is 82.8 Å². The molecule has 0 saturated carbocycles. The number of rotatable bonds is 58. The summed E-state index contributed by atoms with van der Waals surface area (Å²) in [6, 6.07) is 34.1. The van der Waals surface area contributed by atoms with Crippen LogP contribution in [0.15, 0.2) is 127 Å². The topological polar surface area (TPSA) is 536 Å². The molecule has 6 amide bonds. The van der Waals surface area contributed by atoms with E-state index in [1.165, 1.54) is 48.6 Å². The largest absolute Gasteiger partial charge is 1.00 e. The Hall–Kier alpha value is -6.78. The number of aliphatic hydroxyl groups excluding tert-OH is 6. The van der Waals surface area contributed by atoms with E-state index < -0.39 is 140 Å². The van der Waals surface area contributed by atoms with Crippen molar-refractivity contribution in [3.8, 4) is 28.0 Å². The maximum absolute atomic E-state index is 13.9. The van der Waals surface area contributed by atoms with Crippen LogP contribution in [0.2, 0.25) is 0 Å². The monoisotopic (exact) mass is 1780 g/mol. The second kappa shape index (κ2) is 59.3. The van der Waals surface area contributed by atoms with Crippen LogP contribution in [0.5, 0.6) is 5.75 Å². The second-order valence-corrected chi connectivity index (χ2v) is 30.7. The van der Waals surface area contributed by atoms with E-state index in [2.05, 4.69) is 26.6 Å². The number of carbonyl (C=O) groups is 9. The van der Waals surface area contributed by atoms with E-state index in [0.717, 1.165) is 29.2 Å². The summed E-state index contributed by atoms with van der Waals surface area (Å²) >= 11 is 2.86. The van der Waals surface area contributed by atoms with E-state index in [4.69, 9.17) is 53.2 Å². The second-order valence-electron chi connectivity index (χ2n) is 28.2. The quantitative estimate of drug-likeness (QED) is 0.00331. The van der Waals surface area contributed by atoms with Gasteiger partial charge >= 0.3 is 59.1 Å². The summed E-state index contributed by atoms with van der Waals surface area (Å²) in [4.78, 5) is 127. The van der Waals surface area contributed by atoms with Crippen molar-refractivity contribution in [1.29, 1.82) is 0 Å². The smallest absolute Gasteiger partial charge is 0.870 e. The molecule has 7 rings (SSSR count). The number of hydrazine groups is 1. The van der Waals surface area contributed by atoms with Crippen LogP contribution >= 0.6 is 23.5 Å². The average Bonchev–Trinajstić information content (AvgIpc) is 0.788. The fraction of sp³-hybridized carbons (Fsp3) is 0.524. The Kier molecular flexibility index (Phi) is 52.3. The number of ether oxygens (including phenoxy) is 10. The molecule has 0 spiro atoms. The zero-order valence-electron chi connectivity index (χ0n) is 69.7. The van der Waals surface area contributed by atoms with Crippen LogP contribution in [0.3, 0.4) is 0 Å². The van der Waals surface area contributed by atoms with Crippen molar-refractivity contribution in [1.82, 2.24) is 32.0 Å². The molecule has 2 fully saturated rings. The van der Waals surface area contributed by atoms with Gasteiger partial charge in [0, 0.05) is 108 Å². The average molecular weight is 1780 g/mol. The van der Waals surface area contributed by atoms with Gasteiger partial charge in [-0.2, -0.15) is 23.5 Å². The molecule has 2 aliphatic rings. The molecule has 2 aliphatic heterocycles. The van der Waals surface area contributed by atoms with Gasteiger partial charge in [0.1, 0.15) is 48.5 Å². The van der Waals surface area contributed by atoms with Crippen LogP contribution in [-0.2, 0) is 71.4 Å². The molecule has 666 valence electrons. The van der Waals surface area contributed by atoms with Crippen LogP contribution in [0.1, 0.15) is 119 Å². The van der Waals surface area contributed by atoms with E-state index in [1.807, 2.05) is 66.1 Å². The Morgan fingerprint density at radius 1 is 0.512 bits per heavy atom. The van der Waals surface area contributed by atoms with Gasteiger partial charge < -0.3 is 125 Å². The summed E-state index contributed by atoms with van der Waals surface area (Å²) in [6.45, 7) is 3.93. The number of carbonyl (C=O) groups excluding carboxylic acids is 10. The number of Topliss-reactive ketones (excluding diaryl/α,β-unsaturated/α-hetero) is 2. The number of thioether (sulfide) groups is 2. The Balaban J connectivity index is 0.0000106. The first kappa shape index (κ1) is 109. The maximum Gasteiger partial charge on any atom is 1.00 e. The van der Waals surface area contributed by atoms with Crippen molar-refractivity contribution in [2.45, 2.75) is 151 Å². The van der Waals surface area contributed by atoms with Crippen molar-refractivity contribution in [2.24, 2.45) is 5.84 Å². The molecule has 39 heteroatoms. The van der Waals surface area contributed by atoms with Crippen molar-refractivity contribution < 1.29 is 196 Å². The van der Waals surface area contributed by atoms with Gasteiger partial charge in [-0.05, 0) is 108 Å². The number of carboxylic acid groups (broad SMARTS) is 1. The number of hydrogen-bond acceptors (Lipinski definition) is 31. The normalized spacial score (nSPS) is 19.5. The first-order valence-electron chi connectivity index (χ1n) is 39.7. The summed E-state index contributed by atoms with van der Waals surface area (Å²) in [5, 5.41) is 93.4. The molecule has 5 aromatic carbocycles. The molecule has 5 aromatic rings. The molecule has 0 bridgehead atoms. The minimum absolute atomic E-state index is 0. The number of ketones is 2. The molecule has 0 unspecified atom stereocenters. The van der Waals surface area contributed by atoms with Gasteiger partial charge in [-0.1, -0.05) is 84.9 Å². The van der Waals surface area contributed by atoms with Gasteiger partial charge in [-0.25, -0.2) is 12.1 Å². The van der Waals surface area contributed by atoms with Gasteiger partial charge in [0.05, 0.1) is 114 Å². The van der Waals surface area contributed by atoms with Gasteiger partial charge in [-0.15, -0.1) is 0 Å². The van der Waals surface area contributed by atoms with E-state index in [-0.39, 0.29) is 183 Å². The van der Waals surface area contributed by atoms with Gasteiger partial charge in [0.15, 0.2) is 5.78 Å². The van der Waals surface area contributed by atoms with Crippen molar-refractivity contribution in [3.05, 3.63) is 150 Å². The molecule has 12 atom stereocenters. The Morgan fingerprint density at radius 3 is 1.44 bits per heavy atom. The summed E-state index contributed by atoms with van der Waals surface area (Å²) in [5.74, 6) is -3.49. The Bertz CT molecular complexity index is 4010. The number of nitrogens with two attached hydrogens (primary N) is 1. The van der Waals surface area contributed by atoms with Gasteiger partial charge in [0.2, 0.25) is 23.5 Å². The van der Waals surface area contributed by atoms with Gasteiger partial charge in [0.25, 0.3) is 17.7 Å². The molecule has 123 heavy (non-hydrogen) atoms. The molecule has 35 nitrogen and oxygen atoms in total. The molecule has 0 radical (unpaired) electrons. The van der Waals surface area contributed by atoms with Crippen LogP contribution in [-0.4, -0.2) is 296 Å². The fourth-order valence-corrected chi connectivity index (χ4v) is 14.4. The zero-order chi connectivity index (χ0) is 86.7. The number of benzene rings is 5. The molecular formula is C84H112N7Na2O28S2-. The van der Waals surface area contributed by atoms with Crippen LogP contribution in [0, 0.1) is 0 Å². The molecule has 0 aliphatic carbocycles. The number of aliphatic carboxylic acids is 1. The van der Waals surface area contributed by atoms with E-state index >= 15 is 0 Å². The van der Waals surface area contributed by atoms with Crippen molar-refractivity contribution in [2.75, 3.05) is 129 Å². The minimum Gasteiger partial charge on any atom is -0.870 e. The molecule has 15 N–H and O–H groups in total. The van der Waals surface area contributed by atoms with E-state index in [0.29, 0.717) is 88.3 Å². The summed E-state index contributed by atoms with van der Waals surface area (Å²) in [5.41, 5.74) is 6.51. The van der Waals surface area contributed by atoms with Crippen LogP contribution in [0.4, 0.5) is 0 Å². The zero-order valence-corrected chi connectivity index (χ0v) is 75.3. The first-order chi connectivity index (χ1) is 57.9. The SMILES string of the molecule is CC(=O)N[C@H]1[C@H]([C@H](O)[C@H](O)CNC(=O)c2ccc(-c3ccccc3)cc2)O[C@]([C-]=O)(OCCCSCCNC(=O)c2ccc(C(=O)CCCSCCCO[C@]3(C(=O)[O-])C[C@H](O)[C@@H](NC(C)=O)[C@H]([C@H](O)[C@H](O)CNC(=O)c4ccc(-c5ccccc5)cc4)O3)c(OCCOCCOCCOCCOCCOCCCC(=O)CCC(=O)NN)c2)C[C@@H]1O.[Na+].[Na+].[OH-]. The third-order valence-corrected chi connectivity index (χ3v) is 21.3. The molecule has 0 aromatic heterocycles. The first-order valence-corrected chi connectivity index (χ1v) is 42.1. The summed E-state index contributed by atoms with van der Waals surface area (Å²) in [7, 11) is 0. The third kappa shape index (κ3) is 37.6. The van der Waals surface area contributed by atoms with Crippen LogP contribution < -0.4 is 107 Å². The van der Waals surface area contributed by atoms with Gasteiger partial charge in [-0.3, -0.25) is 43.8 Å². The maximum atomic E-state index is 13.9. The number of nitrogens with one attached hydrogen (secondary N) is 6. The van der Waals surface area contributed by atoms with E-state index in [9.17, 15) is 83.7 Å². The molecule has 2 heterocycles. The standard InChI is InChI=1S/C84H112N7O27S2.2Na.H2O/c1-55(93)89-73-67(97)50-83(54-92,117-77(73)75(102)69(99)52-87-79(104)61-23-19-59(20-24-61)57-13-5-3-6-14-57)115-33-11-47-120-48-31-86-81(106)63-27-29-65(71(49-63)114-44-43-113-42-41-112-40-39-111-38-37-110-36-35-109-32-9-17-64(95)28-30-72(101)91-85)66(96)18-10-45-119-46-12-34-116-84(82(107)108)51-68(98)74(90-56(2)94)78(118-84)76(103)70(100)53-88-80(105)62-25-21-60(22-26-62)58-15-7-4-8-16-58;;;/h3-8,13-16,19-27,29,49,67-70,73-78,97-100,102-103H,9-12,17-18,28,30-48,50-53,85H2,1-2H3,(H,86,106)(H,87,104)(H,88,105)(H,89,93)(H,90,94)(H,91,101)(H,107,108);;;1H2/q-1;2*+1;/p-2/t67-,68-,69+,70+,73+,74+,75+,76+,77+,78+,83+,84+;;;/m0.../s1. The summed E-state index contributed by atoms with van der Waals surface area (Å²) in [6.07, 6.45) is -11.5. The third-order valence-electron chi connectivity index (χ3n) is 19.1. The van der Waals surface area contributed by atoms with Crippen LogP contribution in [0.25, 0.3) is 22.3 Å². The minimum atomic E-state index is -2.64. The molecule has 2 saturated heterocycles.